The fourth-order valence-corrected chi connectivity index (χ4v) is 2.55. The molecule has 3 rings (SSSR count). The van der Waals surface area contributed by atoms with E-state index in [1.165, 1.54) is 0 Å². The van der Waals surface area contributed by atoms with E-state index < -0.39 is 0 Å². The third kappa shape index (κ3) is 3.90. The molecule has 2 heterocycles. The zero-order valence-corrected chi connectivity index (χ0v) is 13.1. The van der Waals surface area contributed by atoms with Crippen LogP contribution >= 0.6 is 0 Å². The minimum absolute atomic E-state index is 0.0426. The summed E-state index contributed by atoms with van der Waals surface area (Å²) in [6, 6.07) is 9.49. The number of carbonyl (C=O) groups is 1. The highest BCUT2D eigenvalue weighted by molar-refractivity contribution is 5.80. The van der Waals surface area contributed by atoms with Crippen molar-refractivity contribution in [1.82, 2.24) is 10.5 Å². The van der Waals surface area contributed by atoms with Crippen molar-refractivity contribution in [3.8, 4) is 17.1 Å². The molecule has 2 aromatic rings. The Balaban J connectivity index is 1.53. The minimum atomic E-state index is -0.292. The fourth-order valence-electron chi connectivity index (χ4n) is 2.55. The molecule has 6 nitrogen and oxygen atoms in total. The number of hydrogen-bond donors (Lipinski definition) is 1. The van der Waals surface area contributed by atoms with Crippen molar-refractivity contribution in [2.45, 2.75) is 25.4 Å². The van der Waals surface area contributed by atoms with Gasteiger partial charge in [-0.25, -0.2) is 0 Å². The first-order valence-corrected chi connectivity index (χ1v) is 7.75. The van der Waals surface area contributed by atoms with Gasteiger partial charge >= 0.3 is 0 Å². The number of amides is 1. The molecule has 122 valence electrons. The topological polar surface area (TPSA) is 73.6 Å². The number of aromatic nitrogens is 1. The van der Waals surface area contributed by atoms with Crippen LogP contribution < -0.4 is 10.1 Å². The van der Waals surface area contributed by atoms with Crippen molar-refractivity contribution in [1.29, 1.82) is 0 Å². The molecule has 0 aliphatic carbocycles. The lowest BCUT2D eigenvalue weighted by Gasteiger charge is -2.09. The third-order valence-corrected chi connectivity index (χ3v) is 3.82. The molecular weight excluding hydrogens is 296 g/mol. The Bertz CT molecular complexity index is 662. The molecule has 0 saturated carbocycles. The lowest BCUT2D eigenvalue weighted by Crippen LogP contribution is -2.35. The van der Waals surface area contributed by atoms with Crippen LogP contribution in [0.5, 0.6) is 5.75 Å². The molecule has 1 aromatic heterocycles. The van der Waals surface area contributed by atoms with Crippen LogP contribution in [0.4, 0.5) is 0 Å². The van der Waals surface area contributed by atoms with Crippen LogP contribution in [0.1, 0.15) is 18.5 Å². The van der Waals surface area contributed by atoms with Gasteiger partial charge in [-0.1, -0.05) is 17.3 Å². The van der Waals surface area contributed by atoms with Crippen molar-refractivity contribution in [3.05, 3.63) is 36.0 Å². The first-order chi connectivity index (χ1) is 11.3. The molecule has 23 heavy (non-hydrogen) atoms. The summed E-state index contributed by atoms with van der Waals surface area (Å²) >= 11 is 0. The summed E-state index contributed by atoms with van der Waals surface area (Å²) in [5.74, 6) is 1.41. The lowest BCUT2D eigenvalue weighted by atomic mass is 10.1. The van der Waals surface area contributed by atoms with Crippen molar-refractivity contribution in [3.63, 3.8) is 0 Å². The zero-order chi connectivity index (χ0) is 16.1. The Kier molecular flexibility index (Phi) is 4.92. The fraction of sp³-hybridized carbons (Fsp3) is 0.412. The van der Waals surface area contributed by atoms with Gasteiger partial charge in [-0.2, -0.15) is 0 Å². The maximum Gasteiger partial charge on any atom is 0.249 e. The summed E-state index contributed by atoms with van der Waals surface area (Å²) in [4.78, 5) is 11.8. The van der Waals surface area contributed by atoms with Gasteiger partial charge in [0.05, 0.1) is 12.8 Å². The van der Waals surface area contributed by atoms with Gasteiger partial charge in [-0.3, -0.25) is 4.79 Å². The van der Waals surface area contributed by atoms with Crippen molar-refractivity contribution in [2.75, 3.05) is 20.3 Å². The summed E-state index contributed by atoms with van der Waals surface area (Å²) in [5, 5.41) is 6.92. The summed E-state index contributed by atoms with van der Waals surface area (Å²) in [7, 11) is 1.63. The first kappa shape index (κ1) is 15.6. The Labute approximate surface area is 134 Å². The molecule has 1 N–H and O–H groups in total. The summed E-state index contributed by atoms with van der Waals surface area (Å²) in [5.41, 5.74) is 1.71. The second-order valence-corrected chi connectivity index (χ2v) is 5.46. The largest absolute Gasteiger partial charge is 0.497 e. The predicted octanol–water partition coefficient (Wildman–Crippen LogP) is 2.19. The Hall–Kier alpha value is -2.34. The molecule has 1 fully saturated rings. The number of nitrogens with zero attached hydrogens (tertiary/aromatic N) is 1. The highest BCUT2D eigenvalue weighted by atomic mass is 16.5. The van der Waals surface area contributed by atoms with E-state index in [1.807, 2.05) is 30.3 Å². The second-order valence-electron chi connectivity index (χ2n) is 5.46. The van der Waals surface area contributed by atoms with Crippen LogP contribution in [-0.4, -0.2) is 37.4 Å². The van der Waals surface area contributed by atoms with Crippen LogP contribution in [0.2, 0.25) is 0 Å². The predicted molar refractivity (Wildman–Crippen MR) is 84.2 cm³/mol. The van der Waals surface area contributed by atoms with Gasteiger partial charge in [0, 0.05) is 31.2 Å². The van der Waals surface area contributed by atoms with Crippen LogP contribution in [0.3, 0.4) is 0 Å². The molecule has 1 unspecified atom stereocenters. The van der Waals surface area contributed by atoms with Gasteiger partial charge in [-0.15, -0.1) is 0 Å². The van der Waals surface area contributed by atoms with E-state index >= 15 is 0 Å². The van der Waals surface area contributed by atoms with Gasteiger partial charge in [0.1, 0.15) is 11.9 Å². The van der Waals surface area contributed by atoms with E-state index in [-0.39, 0.29) is 12.0 Å². The number of methoxy groups -OCH3 is 1. The number of hydrogen-bond acceptors (Lipinski definition) is 5. The van der Waals surface area contributed by atoms with Gasteiger partial charge in [0.25, 0.3) is 0 Å². The Morgan fingerprint density at radius 2 is 2.35 bits per heavy atom. The van der Waals surface area contributed by atoms with Gasteiger partial charge < -0.3 is 19.3 Å². The molecule has 1 atom stereocenters. The zero-order valence-electron chi connectivity index (χ0n) is 13.1. The number of rotatable bonds is 6. The van der Waals surface area contributed by atoms with Crippen molar-refractivity contribution < 1.29 is 18.8 Å². The smallest absolute Gasteiger partial charge is 0.249 e. The quantitative estimate of drug-likeness (QED) is 0.884. The molecule has 0 radical (unpaired) electrons. The van der Waals surface area contributed by atoms with Gasteiger partial charge in [0.2, 0.25) is 5.91 Å². The van der Waals surface area contributed by atoms with E-state index in [9.17, 15) is 4.79 Å². The van der Waals surface area contributed by atoms with Crippen molar-refractivity contribution in [2.24, 2.45) is 0 Å². The molecule has 1 saturated heterocycles. The molecule has 1 aromatic carbocycles. The number of carbonyl (C=O) groups excluding carboxylic acids is 1. The average Bonchev–Trinajstić information content (AvgIpc) is 3.26. The van der Waals surface area contributed by atoms with E-state index in [0.29, 0.717) is 25.3 Å². The molecule has 0 spiro atoms. The summed E-state index contributed by atoms with van der Waals surface area (Å²) in [6.07, 6.45) is 2.08. The second kappa shape index (κ2) is 7.28. The van der Waals surface area contributed by atoms with E-state index in [2.05, 4.69) is 10.5 Å². The molecule has 0 bridgehead atoms. The third-order valence-electron chi connectivity index (χ3n) is 3.82. The SMILES string of the molecule is COc1cccc(-c2cc(CCNC(=O)C3CCCO3)no2)c1. The highest BCUT2D eigenvalue weighted by Crippen LogP contribution is 2.24. The monoisotopic (exact) mass is 316 g/mol. The van der Waals surface area contributed by atoms with E-state index in [4.69, 9.17) is 14.0 Å². The number of nitrogens with one attached hydrogen (secondary N) is 1. The molecule has 6 heteroatoms. The molecular formula is C17H20N2O4. The van der Waals surface area contributed by atoms with Gasteiger partial charge in [0.15, 0.2) is 5.76 Å². The highest BCUT2D eigenvalue weighted by Gasteiger charge is 2.22. The maximum atomic E-state index is 11.8. The Morgan fingerprint density at radius 1 is 1.43 bits per heavy atom. The normalized spacial score (nSPS) is 17.2. The van der Waals surface area contributed by atoms with E-state index in [1.54, 1.807) is 7.11 Å². The summed E-state index contributed by atoms with van der Waals surface area (Å²) in [6.45, 7) is 1.19. The van der Waals surface area contributed by atoms with Crippen LogP contribution in [0.15, 0.2) is 34.9 Å². The maximum absolute atomic E-state index is 11.8. The number of benzene rings is 1. The first-order valence-electron chi connectivity index (χ1n) is 7.75. The standard InChI is InChI=1S/C17H20N2O4/c1-21-14-5-2-4-12(10-14)16-11-13(19-23-16)7-8-18-17(20)15-6-3-9-22-15/h2,4-5,10-11,15H,3,6-9H2,1H3,(H,18,20). The average molecular weight is 316 g/mol. The van der Waals surface area contributed by atoms with Crippen LogP contribution in [0, 0.1) is 0 Å². The van der Waals surface area contributed by atoms with Gasteiger partial charge in [-0.05, 0) is 25.0 Å². The molecule has 1 amide bonds. The van der Waals surface area contributed by atoms with Crippen LogP contribution in [-0.2, 0) is 16.0 Å². The molecule has 1 aliphatic heterocycles. The molecule has 1 aliphatic rings. The lowest BCUT2D eigenvalue weighted by molar-refractivity contribution is -0.129. The number of ether oxygens (including phenoxy) is 2. The van der Waals surface area contributed by atoms with E-state index in [0.717, 1.165) is 29.8 Å². The Morgan fingerprint density at radius 3 is 3.13 bits per heavy atom. The minimum Gasteiger partial charge on any atom is -0.497 e. The summed E-state index contributed by atoms with van der Waals surface area (Å²) < 4.78 is 15.9. The van der Waals surface area contributed by atoms with Crippen LogP contribution in [0.25, 0.3) is 11.3 Å². The van der Waals surface area contributed by atoms with Crippen molar-refractivity contribution >= 4 is 5.91 Å².